The average molecular weight is 971 g/mol. The first-order valence-electron chi connectivity index (χ1n) is 19.6. The maximum atomic E-state index is 11.6. The summed E-state index contributed by atoms with van der Waals surface area (Å²) in [6.45, 7) is 13.0. The van der Waals surface area contributed by atoms with E-state index in [1.165, 1.54) is 10.6 Å². The Morgan fingerprint density at radius 1 is 0.730 bits per heavy atom. The molecule has 0 radical (unpaired) electrons. The zero-order valence-electron chi connectivity index (χ0n) is 35.7. The number of alkyl carbamates (subject to hydrolysis) is 2. The van der Waals surface area contributed by atoms with E-state index < -0.39 is 17.3 Å². The predicted molar refractivity (Wildman–Crippen MR) is 251 cm³/mol. The molecule has 6 N–H and O–H groups in total. The Morgan fingerprint density at radius 2 is 1.21 bits per heavy atom. The number of alkyl halides is 1. The summed E-state index contributed by atoms with van der Waals surface area (Å²) in [4.78, 5) is 41.9. The van der Waals surface area contributed by atoms with Crippen LogP contribution in [0.1, 0.15) is 41.5 Å². The molecule has 0 aliphatic carbocycles. The number of benzene rings is 3. The molecule has 0 fully saturated rings. The molecule has 0 spiro atoms. The zero-order chi connectivity index (χ0) is 46.2. The third-order valence-corrected chi connectivity index (χ3v) is 8.98. The molecule has 7 rings (SSSR count). The minimum Gasteiger partial charge on any atom is -0.506 e. The van der Waals surface area contributed by atoms with Gasteiger partial charge in [0, 0.05) is 50.7 Å². The molecule has 7 aromatic rings. The largest absolute Gasteiger partial charge is 0.506 e. The van der Waals surface area contributed by atoms with E-state index >= 15 is 0 Å². The van der Waals surface area contributed by atoms with Crippen molar-refractivity contribution in [2.24, 2.45) is 5.73 Å². The lowest BCUT2D eigenvalue weighted by atomic mass is 10.1. The van der Waals surface area contributed by atoms with E-state index in [-0.39, 0.29) is 17.5 Å². The molecule has 3 aromatic carbocycles. The van der Waals surface area contributed by atoms with Gasteiger partial charge in [-0.1, -0.05) is 112 Å². The van der Waals surface area contributed by atoms with Crippen LogP contribution in [0.2, 0.25) is 10.3 Å². The molecule has 0 aliphatic rings. The highest BCUT2D eigenvalue weighted by Gasteiger charge is 2.17. The Hall–Kier alpha value is -5.88. The van der Waals surface area contributed by atoms with Crippen molar-refractivity contribution in [1.29, 1.82) is 0 Å². The van der Waals surface area contributed by atoms with Crippen LogP contribution in [0.25, 0.3) is 38.0 Å². The summed E-state index contributed by atoms with van der Waals surface area (Å²) in [6.07, 6.45) is 3.74. The Bertz CT molecular complexity index is 2630. The summed E-state index contributed by atoms with van der Waals surface area (Å²) in [7, 11) is 0. The summed E-state index contributed by atoms with van der Waals surface area (Å²) in [5.74, 6) is 1.42. The molecule has 0 unspecified atom stereocenters. The standard InChI is InChI=1S/C16H19ClN2O3.C12H12N4O2.C9H6ClNO.C7H14BrNO2/c1-16(2,3)22-15(20)18-8-9-21-13-10-19-14(17)12-7-5-4-6-11(12)13;13-5-6-18-10-7-16-11(14-15-12(16)17)9-4-2-1-3-8(9)10;10-9-7-4-2-1-3-6(7)8(12)5-11-9;1-7(2,3)11-6(10)9-5-4-8/h4-7,10H,8-9H2,1-3H3,(H,18,20);1-4,7H,5-6,13H2,(H,15,17);1-5,12H;4-5H2,1-3H3,(H,9,10). The maximum absolute atomic E-state index is 11.6. The third-order valence-electron chi connectivity index (χ3n) is 7.99. The van der Waals surface area contributed by atoms with Crippen molar-refractivity contribution in [3.63, 3.8) is 0 Å². The highest BCUT2D eigenvalue weighted by Crippen LogP contribution is 2.30. The van der Waals surface area contributed by atoms with Gasteiger partial charge in [0.1, 0.15) is 52.0 Å². The van der Waals surface area contributed by atoms with Gasteiger partial charge in [-0.25, -0.2) is 33.9 Å². The molecule has 63 heavy (non-hydrogen) atoms. The molecule has 0 aliphatic heterocycles. The summed E-state index contributed by atoms with van der Waals surface area (Å²) in [5, 5.41) is 27.7. The predicted octanol–water partition coefficient (Wildman–Crippen LogP) is 8.80. The maximum Gasteiger partial charge on any atom is 0.407 e. The number of carbonyl (C=O) groups is 2. The molecule has 2 amide bonds. The second-order valence-electron chi connectivity index (χ2n) is 15.2. The van der Waals surface area contributed by atoms with Crippen molar-refractivity contribution >= 4 is 89.3 Å². The molecule has 4 aromatic heterocycles. The van der Waals surface area contributed by atoms with E-state index in [4.69, 9.17) is 47.9 Å². The van der Waals surface area contributed by atoms with Crippen LogP contribution >= 0.6 is 39.1 Å². The molecule has 0 saturated carbocycles. The van der Waals surface area contributed by atoms with E-state index in [1.807, 2.05) is 108 Å². The Balaban J connectivity index is 0.000000192. The Kier molecular flexibility index (Phi) is 18.6. The number of halogens is 3. The van der Waals surface area contributed by atoms with Gasteiger partial charge in [-0.3, -0.25) is 0 Å². The number of nitrogens with one attached hydrogen (secondary N) is 3. The van der Waals surface area contributed by atoms with Gasteiger partial charge in [0.15, 0.2) is 5.65 Å². The lowest BCUT2D eigenvalue weighted by molar-refractivity contribution is 0.0513. The third kappa shape index (κ3) is 15.5. The number of hydrogen-bond donors (Lipinski definition) is 5. The molecule has 16 nitrogen and oxygen atoms in total. The van der Waals surface area contributed by atoms with Crippen LogP contribution in [0.3, 0.4) is 0 Å². The number of aromatic nitrogens is 5. The van der Waals surface area contributed by atoms with Crippen molar-refractivity contribution in [3.05, 3.63) is 112 Å². The Morgan fingerprint density at radius 3 is 1.75 bits per heavy atom. The first kappa shape index (κ1) is 49.8. The lowest BCUT2D eigenvalue weighted by Crippen LogP contribution is -2.34. The van der Waals surface area contributed by atoms with Gasteiger partial charge in [-0.15, -0.1) is 0 Å². The first-order valence-corrected chi connectivity index (χ1v) is 21.5. The molecule has 19 heteroatoms. The summed E-state index contributed by atoms with van der Waals surface area (Å²) in [6, 6.07) is 22.6. The Labute approximate surface area is 382 Å². The number of fused-ring (bicyclic) bond motifs is 5. The number of carbonyl (C=O) groups excluding carboxylic acids is 2. The summed E-state index contributed by atoms with van der Waals surface area (Å²) < 4.78 is 22.8. The van der Waals surface area contributed by atoms with Crippen LogP contribution in [0, 0.1) is 0 Å². The van der Waals surface area contributed by atoms with E-state index in [0.717, 1.165) is 37.6 Å². The van der Waals surface area contributed by atoms with Crippen molar-refractivity contribution in [1.82, 2.24) is 35.2 Å². The fourth-order valence-corrected chi connectivity index (χ4v) is 6.09. The van der Waals surface area contributed by atoms with Crippen molar-refractivity contribution in [2.75, 3.05) is 38.2 Å². The molecule has 0 atom stereocenters. The molecule has 0 saturated heterocycles. The van der Waals surface area contributed by atoms with E-state index in [9.17, 15) is 19.5 Å². The smallest absolute Gasteiger partial charge is 0.407 e. The van der Waals surface area contributed by atoms with Gasteiger partial charge < -0.3 is 40.4 Å². The van der Waals surface area contributed by atoms with Crippen LogP contribution < -0.4 is 31.5 Å². The number of rotatable bonds is 9. The fourth-order valence-electron chi connectivity index (χ4n) is 5.46. The van der Waals surface area contributed by atoms with Crippen LogP contribution in [0.4, 0.5) is 9.59 Å². The molecule has 4 heterocycles. The minimum absolute atomic E-state index is 0.162. The first-order chi connectivity index (χ1) is 29.9. The molecular weight excluding hydrogens is 919 g/mol. The summed E-state index contributed by atoms with van der Waals surface area (Å²) >= 11 is 15.0. The number of hydrogen-bond acceptors (Lipinski definition) is 12. The normalized spacial score (nSPS) is 11.0. The van der Waals surface area contributed by atoms with E-state index in [2.05, 4.69) is 46.7 Å². The number of H-pyrrole nitrogens is 1. The van der Waals surface area contributed by atoms with Gasteiger partial charge in [-0.2, -0.15) is 5.10 Å². The van der Waals surface area contributed by atoms with Gasteiger partial charge in [0.25, 0.3) is 0 Å². The monoisotopic (exact) mass is 968 g/mol. The van der Waals surface area contributed by atoms with Crippen LogP contribution in [0.15, 0.2) is 96.2 Å². The lowest BCUT2D eigenvalue weighted by Gasteiger charge is -2.19. The van der Waals surface area contributed by atoms with Gasteiger partial charge >= 0.3 is 17.9 Å². The quantitative estimate of drug-likeness (QED) is 0.0521. The van der Waals surface area contributed by atoms with Crippen LogP contribution in [0.5, 0.6) is 17.2 Å². The molecule has 0 bridgehead atoms. The van der Waals surface area contributed by atoms with E-state index in [0.29, 0.717) is 60.3 Å². The number of pyridine rings is 3. The topological polar surface area (TPSA) is 217 Å². The molecule has 336 valence electrons. The average Bonchev–Trinajstić information content (AvgIpc) is 3.62. The highest BCUT2D eigenvalue weighted by atomic mass is 79.9. The number of nitrogens with zero attached hydrogens (tertiary/aromatic N) is 4. The van der Waals surface area contributed by atoms with Gasteiger partial charge in [0.2, 0.25) is 0 Å². The number of amides is 2. The van der Waals surface area contributed by atoms with Crippen LogP contribution in [-0.4, -0.2) is 91.2 Å². The van der Waals surface area contributed by atoms with E-state index in [1.54, 1.807) is 18.5 Å². The number of aromatic hydroxyl groups is 1. The van der Waals surface area contributed by atoms with Gasteiger partial charge in [0.05, 0.1) is 25.1 Å². The minimum atomic E-state index is -0.513. The van der Waals surface area contributed by atoms with Crippen molar-refractivity contribution in [2.45, 2.75) is 52.7 Å². The fraction of sp³-hybridized carbons (Fsp3) is 0.318. The SMILES string of the molecule is CC(C)(C)OC(=O)NCCBr.CC(C)(C)OC(=O)NCCOc1cnc(Cl)c2ccccc12.NCCOc1cn2c(=O)[nH]nc2c2ccccc12.Oc1cnc(Cl)c2ccccc12. The molecular formula is C44H51BrCl2N8O8. The summed E-state index contributed by atoms with van der Waals surface area (Å²) in [5.41, 5.74) is 4.82. The van der Waals surface area contributed by atoms with Crippen molar-refractivity contribution in [3.8, 4) is 17.2 Å². The zero-order valence-corrected chi connectivity index (χ0v) is 38.8. The van der Waals surface area contributed by atoms with Crippen LogP contribution in [-0.2, 0) is 9.47 Å². The number of ether oxygens (including phenoxy) is 4. The second kappa shape index (κ2) is 23.5. The number of aromatic amines is 1. The second-order valence-corrected chi connectivity index (χ2v) is 16.7. The highest BCUT2D eigenvalue weighted by molar-refractivity contribution is 9.09. The van der Waals surface area contributed by atoms with Gasteiger partial charge in [-0.05, 0) is 41.5 Å². The number of nitrogens with two attached hydrogens (primary N) is 1. The van der Waals surface area contributed by atoms with Crippen molar-refractivity contribution < 1.29 is 33.6 Å².